The van der Waals surface area contributed by atoms with E-state index in [1.165, 1.54) is 6.07 Å². The number of nitro groups is 1. The van der Waals surface area contributed by atoms with Gasteiger partial charge in [-0.3, -0.25) is 10.1 Å². The predicted molar refractivity (Wildman–Crippen MR) is 70.3 cm³/mol. The van der Waals surface area contributed by atoms with E-state index in [0.29, 0.717) is 13.2 Å². The largest absolute Gasteiger partial charge is 0.381 e. The predicted octanol–water partition coefficient (Wildman–Crippen LogP) is 1.50. The molecule has 1 fully saturated rings. The molecule has 3 rings (SSSR count). The highest BCUT2D eigenvalue weighted by Crippen LogP contribution is 2.36. The molecule has 2 aromatic rings. The molecule has 1 aromatic carbocycles. The van der Waals surface area contributed by atoms with Crippen molar-refractivity contribution in [3.63, 3.8) is 0 Å². The fourth-order valence-corrected chi connectivity index (χ4v) is 2.48. The summed E-state index contributed by atoms with van der Waals surface area (Å²) in [6.07, 6.45) is 1.64. The van der Waals surface area contributed by atoms with Gasteiger partial charge >= 0.3 is 0 Å². The Morgan fingerprint density at radius 2 is 2.30 bits per heavy atom. The number of ether oxygens (including phenoxy) is 1. The molecule has 0 bridgehead atoms. The van der Waals surface area contributed by atoms with Crippen LogP contribution in [0.2, 0.25) is 0 Å². The average molecular weight is 274 g/mol. The van der Waals surface area contributed by atoms with Crippen LogP contribution >= 0.6 is 0 Å². The standard InChI is InChI=1S/C13H14N4O3/c1-16-8-14-15-13(16)12(10-6-20-7-10)9-3-2-4-11(5-9)17(18)19/h2-5,8,10,12H,6-7H2,1H3/t12-/m0/s1. The molecule has 1 atom stereocenters. The number of rotatable bonds is 4. The van der Waals surface area contributed by atoms with Crippen LogP contribution in [-0.2, 0) is 11.8 Å². The summed E-state index contributed by atoms with van der Waals surface area (Å²) in [4.78, 5) is 10.5. The van der Waals surface area contributed by atoms with Gasteiger partial charge in [0.25, 0.3) is 5.69 Å². The van der Waals surface area contributed by atoms with Gasteiger partial charge in [-0.15, -0.1) is 10.2 Å². The Balaban J connectivity index is 2.03. The normalized spacial score (nSPS) is 16.6. The Morgan fingerprint density at radius 1 is 1.50 bits per heavy atom. The first-order valence-electron chi connectivity index (χ1n) is 6.33. The van der Waals surface area contributed by atoms with E-state index in [1.807, 2.05) is 17.7 Å². The number of benzene rings is 1. The second-order valence-electron chi connectivity index (χ2n) is 4.93. The van der Waals surface area contributed by atoms with Crippen LogP contribution in [0.15, 0.2) is 30.6 Å². The zero-order valence-electron chi connectivity index (χ0n) is 11.0. The number of hydrogen-bond acceptors (Lipinski definition) is 5. The Kier molecular flexibility index (Phi) is 3.19. The van der Waals surface area contributed by atoms with Crippen LogP contribution in [0.1, 0.15) is 17.3 Å². The number of nitrogens with zero attached hydrogens (tertiary/aromatic N) is 4. The van der Waals surface area contributed by atoms with Gasteiger partial charge in [-0.05, 0) is 5.56 Å². The number of aryl methyl sites for hydroxylation is 1. The lowest BCUT2D eigenvalue weighted by Crippen LogP contribution is -2.34. The number of hydrogen-bond donors (Lipinski definition) is 0. The molecular formula is C13H14N4O3. The van der Waals surface area contributed by atoms with Gasteiger partial charge in [0, 0.05) is 25.1 Å². The highest BCUT2D eigenvalue weighted by Gasteiger charge is 2.34. The van der Waals surface area contributed by atoms with E-state index in [2.05, 4.69) is 10.2 Å². The molecule has 1 saturated heterocycles. The molecule has 1 aromatic heterocycles. The summed E-state index contributed by atoms with van der Waals surface area (Å²) in [5.41, 5.74) is 0.971. The van der Waals surface area contributed by atoms with Gasteiger partial charge in [0.15, 0.2) is 0 Å². The maximum atomic E-state index is 10.9. The van der Waals surface area contributed by atoms with Gasteiger partial charge in [-0.25, -0.2) is 0 Å². The SMILES string of the molecule is Cn1cnnc1[C@@H](c1cccc([N+](=O)[O-])c1)C1COC1. The van der Waals surface area contributed by atoms with Crippen molar-refractivity contribution in [1.82, 2.24) is 14.8 Å². The minimum Gasteiger partial charge on any atom is -0.381 e. The molecule has 0 spiro atoms. The van der Waals surface area contributed by atoms with Crippen LogP contribution in [0, 0.1) is 16.0 Å². The molecule has 0 N–H and O–H groups in total. The molecule has 0 saturated carbocycles. The van der Waals surface area contributed by atoms with Gasteiger partial charge in [0.05, 0.1) is 24.1 Å². The van der Waals surface area contributed by atoms with Crippen molar-refractivity contribution >= 4 is 5.69 Å². The maximum Gasteiger partial charge on any atom is 0.269 e. The van der Waals surface area contributed by atoms with Gasteiger partial charge < -0.3 is 9.30 Å². The Labute approximate surface area is 115 Å². The summed E-state index contributed by atoms with van der Waals surface area (Å²) in [5, 5.41) is 19.0. The van der Waals surface area contributed by atoms with Crippen molar-refractivity contribution in [2.75, 3.05) is 13.2 Å². The minimum absolute atomic E-state index is 0.0313. The van der Waals surface area contributed by atoms with Crippen molar-refractivity contribution in [3.05, 3.63) is 52.1 Å². The zero-order chi connectivity index (χ0) is 14.1. The van der Waals surface area contributed by atoms with Crippen LogP contribution < -0.4 is 0 Å². The average Bonchev–Trinajstić information content (AvgIpc) is 2.79. The van der Waals surface area contributed by atoms with Crippen molar-refractivity contribution in [2.45, 2.75) is 5.92 Å². The summed E-state index contributed by atoms with van der Waals surface area (Å²) in [7, 11) is 1.87. The Bertz CT molecular complexity index is 636. The molecule has 104 valence electrons. The lowest BCUT2D eigenvalue weighted by Gasteiger charge is -2.33. The topological polar surface area (TPSA) is 83.1 Å². The van der Waals surface area contributed by atoms with Crippen LogP contribution in [-0.4, -0.2) is 32.9 Å². The van der Waals surface area contributed by atoms with Crippen LogP contribution in [0.5, 0.6) is 0 Å². The molecule has 0 aliphatic carbocycles. The van der Waals surface area contributed by atoms with E-state index in [-0.39, 0.29) is 22.4 Å². The molecule has 0 radical (unpaired) electrons. The first-order chi connectivity index (χ1) is 9.66. The molecule has 7 heteroatoms. The van der Waals surface area contributed by atoms with Crippen LogP contribution in [0.3, 0.4) is 0 Å². The minimum atomic E-state index is -0.380. The lowest BCUT2D eigenvalue weighted by atomic mass is 9.84. The summed E-state index contributed by atoms with van der Waals surface area (Å²) in [6.45, 7) is 1.28. The van der Waals surface area contributed by atoms with Crippen LogP contribution in [0.25, 0.3) is 0 Å². The molecular weight excluding hydrogens is 260 g/mol. The van der Waals surface area contributed by atoms with Gasteiger partial charge in [-0.2, -0.15) is 0 Å². The highest BCUT2D eigenvalue weighted by atomic mass is 16.6. The molecule has 20 heavy (non-hydrogen) atoms. The van der Waals surface area contributed by atoms with E-state index in [9.17, 15) is 10.1 Å². The Morgan fingerprint density at radius 3 is 2.85 bits per heavy atom. The maximum absolute atomic E-state index is 10.9. The van der Waals surface area contributed by atoms with Gasteiger partial charge in [0.2, 0.25) is 0 Å². The van der Waals surface area contributed by atoms with E-state index < -0.39 is 0 Å². The lowest BCUT2D eigenvalue weighted by molar-refractivity contribution is -0.384. The van der Waals surface area contributed by atoms with Gasteiger partial charge in [0.1, 0.15) is 12.2 Å². The Hall–Kier alpha value is -2.28. The summed E-state index contributed by atoms with van der Waals surface area (Å²) in [5.74, 6) is 1.05. The number of nitro benzene ring substituents is 1. The third-order valence-corrected chi connectivity index (χ3v) is 3.60. The monoisotopic (exact) mass is 274 g/mol. The van der Waals surface area contributed by atoms with Crippen molar-refractivity contribution < 1.29 is 9.66 Å². The van der Waals surface area contributed by atoms with Gasteiger partial charge in [-0.1, -0.05) is 12.1 Å². The smallest absolute Gasteiger partial charge is 0.269 e. The quantitative estimate of drug-likeness (QED) is 0.623. The van der Waals surface area contributed by atoms with Crippen molar-refractivity contribution in [1.29, 1.82) is 0 Å². The fourth-order valence-electron chi connectivity index (χ4n) is 2.48. The first kappa shape index (κ1) is 12.7. The molecule has 2 heterocycles. The molecule has 1 aliphatic heterocycles. The fraction of sp³-hybridized carbons (Fsp3) is 0.385. The molecule has 0 unspecified atom stereocenters. The summed E-state index contributed by atoms with van der Waals surface area (Å²) >= 11 is 0. The number of non-ortho nitro benzene ring substituents is 1. The van der Waals surface area contributed by atoms with Crippen molar-refractivity contribution in [3.8, 4) is 0 Å². The molecule has 7 nitrogen and oxygen atoms in total. The summed E-state index contributed by atoms with van der Waals surface area (Å²) in [6, 6.07) is 6.70. The summed E-state index contributed by atoms with van der Waals surface area (Å²) < 4.78 is 7.11. The third-order valence-electron chi connectivity index (χ3n) is 3.60. The van der Waals surface area contributed by atoms with E-state index in [1.54, 1.807) is 18.5 Å². The van der Waals surface area contributed by atoms with Crippen LogP contribution in [0.4, 0.5) is 5.69 Å². The zero-order valence-corrected chi connectivity index (χ0v) is 11.0. The third kappa shape index (κ3) is 2.16. The highest BCUT2D eigenvalue weighted by molar-refractivity contribution is 5.38. The van der Waals surface area contributed by atoms with Crippen molar-refractivity contribution in [2.24, 2.45) is 13.0 Å². The van der Waals surface area contributed by atoms with E-state index in [4.69, 9.17) is 4.74 Å². The second-order valence-corrected chi connectivity index (χ2v) is 4.93. The number of aromatic nitrogens is 3. The van der Waals surface area contributed by atoms with E-state index >= 15 is 0 Å². The molecule has 1 aliphatic rings. The second kappa shape index (κ2) is 5.01. The van der Waals surface area contributed by atoms with E-state index in [0.717, 1.165) is 11.4 Å². The first-order valence-corrected chi connectivity index (χ1v) is 6.33. The molecule has 0 amide bonds.